The Morgan fingerprint density at radius 2 is 1.45 bits per heavy atom. The number of halogens is 1. The van der Waals surface area contributed by atoms with Gasteiger partial charge >= 0.3 is 0 Å². The monoisotopic (exact) mass is 627 g/mol. The summed E-state index contributed by atoms with van der Waals surface area (Å²) >= 11 is 3.77. The standard InChI is InChI=1S/C36H38BrNO4/c1-35(2)16-26-32(28(39)18-35)31(33-27(38(26)5)17-36(3,4)19-29(33)40)23-14-25(37)34(30(15-23)41-6)42-20-22-12-9-11-21-10-7-8-13-24(21)22/h7-15,31H,16-20H2,1-6H3. The van der Waals surface area contributed by atoms with Gasteiger partial charge in [-0.05, 0) is 73.6 Å². The number of ether oxygens (including phenoxy) is 2. The minimum absolute atomic E-state index is 0.119. The maximum Gasteiger partial charge on any atom is 0.175 e. The predicted octanol–water partition coefficient (Wildman–Crippen LogP) is 8.51. The minimum Gasteiger partial charge on any atom is -0.493 e. The van der Waals surface area contributed by atoms with Crippen LogP contribution in [0.25, 0.3) is 10.8 Å². The molecule has 0 bridgehead atoms. The van der Waals surface area contributed by atoms with Gasteiger partial charge in [0.25, 0.3) is 0 Å². The summed E-state index contributed by atoms with van der Waals surface area (Å²) in [5.41, 5.74) is 5.25. The van der Waals surface area contributed by atoms with Crippen LogP contribution in [0.1, 0.15) is 70.4 Å². The number of carbonyl (C=O) groups is 2. The third kappa shape index (κ3) is 4.98. The maximum absolute atomic E-state index is 13.9. The lowest BCUT2D eigenvalue weighted by atomic mass is 9.64. The first-order chi connectivity index (χ1) is 19.9. The zero-order chi connectivity index (χ0) is 30.0. The molecule has 0 saturated heterocycles. The number of hydrogen-bond acceptors (Lipinski definition) is 5. The highest BCUT2D eigenvalue weighted by molar-refractivity contribution is 9.10. The number of ketones is 2. The number of allylic oxidation sites excluding steroid dienone is 4. The van der Waals surface area contributed by atoms with E-state index in [1.165, 1.54) is 0 Å². The molecule has 6 heteroatoms. The Morgan fingerprint density at radius 3 is 2.07 bits per heavy atom. The van der Waals surface area contributed by atoms with Crippen molar-refractivity contribution < 1.29 is 19.1 Å². The van der Waals surface area contributed by atoms with E-state index in [9.17, 15) is 9.59 Å². The van der Waals surface area contributed by atoms with E-state index in [1.807, 2.05) is 37.4 Å². The van der Waals surface area contributed by atoms with Crippen LogP contribution in [-0.4, -0.2) is 30.6 Å². The average Bonchev–Trinajstić information content (AvgIpc) is 2.92. The van der Waals surface area contributed by atoms with E-state index in [4.69, 9.17) is 9.47 Å². The lowest BCUT2D eigenvalue weighted by Crippen LogP contribution is -2.43. The summed E-state index contributed by atoms with van der Waals surface area (Å²) in [6, 6.07) is 18.4. The van der Waals surface area contributed by atoms with Crippen LogP contribution in [0.3, 0.4) is 0 Å². The molecule has 42 heavy (non-hydrogen) atoms. The molecular formula is C36H38BrNO4. The molecule has 0 N–H and O–H groups in total. The van der Waals surface area contributed by atoms with Gasteiger partial charge in [0.15, 0.2) is 23.1 Å². The molecule has 2 aliphatic carbocycles. The number of nitrogens with zero attached hydrogens (tertiary/aromatic N) is 1. The Hall–Kier alpha value is -3.38. The lowest BCUT2D eigenvalue weighted by molar-refractivity contribution is -0.119. The van der Waals surface area contributed by atoms with Gasteiger partial charge in [0.2, 0.25) is 0 Å². The van der Waals surface area contributed by atoms with Crippen molar-refractivity contribution >= 4 is 38.3 Å². The van der Waals surface area contributed by atoms with Gasteiger partial charge in [0.05, 0.1) is 11.6 Å². The second kappa shape index (κ2) is 10.4. The van der Waals surface area contributed by atoms with E-state index in [1.54, 1.807) is 7.11 Å². The summed E-state index contributed by atoms with van der Waals surface area (Å²) in [6.45, 7) is 8.98. The number of carbonyl (C=O) groups excluding carboxylic acids is 2. The molecule has 3 aromatic carbocycles. The van der Waals surface area contributed by atoms with Crippen molar-refractivity contribution in [3.05, 3.63) is 92.7 Å². The maximum atomic E-state index is 13.9. The van der Waals surface area contributed by atoms with Gasteiger partial charge in [0, 0.05) is 48.3 Å². The Bertz CT molecular complexity index is 1640. The number of hydrogen-bond donors (Lipinski definition) is 0. The molecule has 0 atom stereocenters. The largest absolute Gasteiger partial charge is 0.493 e. The summed E-state index contributed by atoms with van der Waals surface area (Å²) in [5, 5.41) is 2.31. The SMILES string of the molecule is COc1cc(C2C3=C(CC(C)(C)CC3=O)N(C)C3=C2C(=O)CC(C)(C)C3)cc(Br)c1OCc1cccc2ccccc12. The van der Waals surface area contributed by atoms with Crippen LogP contribution in [0.15, 0.2) is 81.6 Å². The molecule has 3 aliphatic rings. The molecule has 218 valence electrons. The topological polar surface area (TPSA) is 55.8 Å². The van der Waals surface area contributed by atoms with E-state index in [0.717, 1.165) is 61.8 Å². The van der Waals surface area contributed by atoms with Crippen molar-refractivity contribution in [3.63, 3.8) is 0 Å². The van der Waals surface area contributed by atoms with Crippen LogP contribution in [0, 0.1) is 10.8 Å². The molecule has 1 aliphatic heterocycles. The Morgan fingerprint density at radius 1 is 0.857 bits per heavy atom. The summed E-state index contributed by atoms with van der Waals surface area (Å²) < 4.78 is 13.0. The fourth-order valence-electron chi connectivity index (χ4n) is 7.11. The molecule has 0 aromatic heterocycles. The Balaban J connectivity index is 1.45. The second-order valence-electron chi connectivity index (χ2n) is 13.6. The average molecular weight is 629 g/mol. The number of fused-ring (bicyclic) bond motifs is 1. The smallest absolute Gasteiger partial charge is 0.175 e. The number of methoxy groups -OCH3 is 1. The summed E-state index contributed by atoms with van der Waals surface area (Å²) in [7, 11) is 3.66. The molecule has 0 saturated carbocycles. The highest BCUT2D eigenvalue weighted by atomic mass is 79.9. The van der Waals surface area contributed by atoms with E-state index in [2.05, 4.69) is 72.8 Å². The molecule has 0 unspecified atom stereocenters. The number of rotatable bonds is 5. The molecule has 0 radical (unpaired) electrons. The number of Topliss-reactive ketones (excluding diaryl/α,β-unsaturated/α-hetero) is 2. The van der Waals surface area contributed by atoms with E-state index in [-0.39, 0.29) is 22.4 Å². The van der Waals surface area contributed by atoms with Gasteiger partial charge in [-0.2, -0.15) is 0 Å². The third-order valence-corrected chi connectivity index (χ3v) is 9.61. The highest BCUT2D eigenvalue weighted by Crippen LogP contribution is 2.55. The molecule has 3 aromatic rings. The molecular weight excluding hydrogens is 590 g/mol. The van der Waals surface area contributed by atoms with Crippen LogP contribution in [-0.2, 0) is 16.2 Å². The van der Waals surface area contributed by atoms with Gasteiger partial charge in [-0.3, -0.25) is 9.59 Å². The van der Waals surface area contributed by atoms with Gasteiger partial charge in [-0.15, -0.1) is 0 Å². The summed E-state index contributed by atoms with van der Waals surface area (Å²) in [5.74, 6) is 0.964. The van der Waals surface area contributed by atoms with Crippen molar-refractivity contribution in [2.24, 2.45) is 10.8 Å². The lowest BCUT2D eigenvalue weighted by Gasteiger charge is -2.48. The van der Waals surface area contributed by atoms with Crippen molar-refractivity contribution in [3.8, 4) is 11.5 Å². The minimum atomic E-state index is -0.435. The normalized spacial score (nSPS) is 20.1. The zero-order valence-electron chi connectivity index (χ0n) is 25.3. The molecule has 0 amide bonds. The molecule has 0 fully saturated rings. The van der Waals surface area contributed by atoms with Crippen LogP contribution >= 0.6 is 15.9 Å². The van der Waals surface area contributed by atoms with E-state index >= 15 is 0 Å². The third-order valence-electron chi connectivity index (χ3n) is 9.02. The fraction of sp³-hybridized carbons (Fsp3) is 0.389. The summed E-state index contributed by atoms with van der Waals surface area (Å²) in [6.07, 6.45) is 2.50. The highest BCUT2D eigenvalue weighted by Gasteiger charge is 2.48. The number of benzene rings is 3. The molecule has 6 rings (SSSR count). The van der Waals surface area contributed by atoms with Crippen LogP contribution in [0.2, 0.25) is 0 Å². The fourth-order valence-corrected chi connectivity index (χ4v) is 7.69. The van der Waals surface area contributed by atoms with Crippen LogP contribution in [0.4, 0.5) is 0 Å². The predicted molar refractivity (Wildman–Crippen MR) is 170 cm³/mol. The zero-order valence-corrected chi connectivity index (χ0v) is 26.9. The Kier molecular flexibility index (Phi) is 7.12. The summed E-state index contributed by atoms with van der Waals surface area (Å²) in [4.78, 5) is 29.9. The van der Waals surface area contributed by atoms with Crippen molar-refractivity contribution in [2.75, 3.05) is 14.2 Å². The first-order valence-electron chi connectivity index (χ1n) is 14.6. The molecule has 1 heterocycles. The van der Waals surface area contributed by atoms with Gasteiger partial charge < -0.3 is 14.4 Å². The molecule has 0 spiro atoms. The molecule has 5 nitrogen and oxygen atoms in total. The quantitative estimate of drug-likeness (QED) is 0.284. The van der Waals surface area contributed by atoms with Gasteiger partial charge in [-0.1, -0.05) is 70.2 Å². The van der Waals surface area contributed by atoms with Gasteiger partial charge in [-0.25, -0.2) is 0 Å². The first-order valence-corrected chi connectivity index (χ1v) is 15.4. The van der Waals surface area contributed by atoms with Crippen LogP contribution in [0.5, 0.6) is 11.5 Å². The van der Waals surface area contributed by atoms with Crippen molar-refractivity contribution in [1.29, 1.82) is 0 Å². The van der Waals surface area contributed by atoms with Gasteiger partial charge in [0.1, 0.15) is 6.61 Å². The first kappa shape index (κ1) is 28.7. The van der Waals surface area contributed by atoms with E-state index < -0.39 is 5.92 Å². The van der Waals surface area contributed by atoms with Crippen molar-refractivity contribution in [1.82, 2.24) is 4.90 Å². The van der Waals surface area contributed by atoms with Crippen molar-refractivity contribution in [2.45, 2.75) is 65.9 Å². The van der Waals surface area contributed by atoms with Crippen LogP contribution < -0.4 is 9.47 Å². The second-order valence-corrected chi connectivity index (χ2v) is 14.4. The van der Waals surface area contributed by atoms with E-state index in [0.29, 0.717) is 30.9 Å². The Labute approximate surface area is 256 Å².